The summed E-state index contributed by atoms with van der Waals surface area (Å²) in [7, 11) is 0. The molecular formula is C9H21O. The van der Waals surface area contributed by atoms with E-state index in [4.69, 9.17) is 5.11 Å². The van der Waals surface area contributed by atoms with Crippen LogP contribution in [0.4, 0.5) is 0 Å². The Morgan fingerprint density at radius 2 is 1.40 bits per heavy atom. The summed E-state index contributed by atoms with van der Waals surface area (Å²) in [6.07, 6.45) is 8.93. The largest absolute Gasteiger partial charge is 0.396 e. The topological polar surface area (TPSA) is 20.2 Å². The lowest BCUT2D eigenvalue weighted by atomic mass is 10.1. The Kier molecular flexibility index (Phi) is 8.92. The zero-order chi connectivity index (χ0) is 7.66. The number of aliphatic hydroxyl groups is 1. The molecule has 1 nitrogen and oxygen atoms in total. The first-order valence-corrected chi connectivity index (χ1v) is 4.52. The Morgan fingerprint density at radius 1 is 0.900 bits per heavy atom. The lowest BCUT2D eigenvalue weighted by molar-refractivity contribution is 0.282. The number of aliphatic hydroxyl groups excluding tert-OH is 1. The average molecular weight is 146 g/mol. The number of hydrogen-bond acceptors (Lipinski definition) is 1. The van der Waals surface area contributed by atoms with Crippen LogP contribution in [0.15, 0.2) is 0 Å². The van der Waals surface area contributed by atoms with Gasteiger partial charge in [0.1, 0.15) is 0 Å². The first-order chi connectivity index (χ1) is 4.91. The number of unbranched alkanes of at least 4 members (excludes halogenated alkanes) is 6. The van der Waals surface area contributed by atoms with Gasteiger partial charge in [-0.25, -0.2) is 0 Å². The van der Waals surface area contributed by atoms with Gasteiger partial charge in [-0.15, -0.1) is 0 Å². The van der Waals surface area contributed by atoms with Crippen molar-refractivity contribution in [2.75, 3.05) is 6.61 Å². The fourth-order valence-corrected chi connectivity index (χ4v) is 1.07. The molecule has 0 saturated heterocycles. The van der Waals surface area contributed by atoms with E-state index < -0.39 is 0 Å². The quantitative estimate of drug-likeness (QED) is 0.548. The van der Waals surface area contributed by atoms with Crippen LogP contribution in [-0.2, 0) is 0 Å². The zero-order valence-corrected chi connectivity index (χ0v) is 7.10. The lowest BCUT2D eigenvalue weighted by Crippen LogP contribution is -1.83. The minimum absolute atomic E-state index is 0. The Bertz CT molecular complexity index is 49.5. The molecule has 0 fully saturated rings. The molecule has 1 N–H and O–H groups in total. The van der Waals surface area contributed by atoms with Crippen molar-refractivity contribution in [2.45, 2.75) is 51.9 Å². The molecule has 0 aliphatic carbocycles. The number of rotatable bonds is 7. The predicted molar refractivity (Wildman–Crippen MR) is 46.2 cm³/mol. The highest BCUT2D eigenvalue weighted by Crippen LogP contribution is 2.05. The van der Waals surface area contributed by atoms with Crippen LogP contribution < -0.4 is 0 Å². The molecule has 0 aliphatic heterocycles. The van der Waals surface area contributed by atoms with E-state index in [1.165, 1.54) is 38.5 Å². The van der Waals surface area contributed by atoms with Crippen LogP contribution >= 0.6 is 0 Å². The van der Waals surface area contributed by atoms with Gasteiger partial charge in [0.15, 0.2) is 0 Å². The molecule has 0 saturated carbocycles. The highest BCUT2D eigenvalue weighted by atomic mass is 16.2. The average Bonchev–Trinajstić information content (AvgIpc) is 1.97. The maximum absolute atomic E-state index is 8.47. The van der Waals surface area contributed by atoms with Gasteiger partial charge in [-0.05, 0) is 6.42 Å². The van der Waals surface area contributed by atoms with Crippen molar-refractivity contribution in [3.63, 3.8) is 0 Å². The predicted octanol–water partition coefficient (Wildman–Crippen LogP) is 2.84. The molecule has 0 aromatic carbocycles. The van der Waals surface area contributed by atoms with Crippen molar-refractivity contribution < 1.29 is 6.53 Å². The van der Waals surface area contributed by atoms with Crippen molar-refractivity contribution in [1.82, 2.24) is 0 Å². The van der Waals surface area contributed by atoms with Gasteiger partial charge in [0.2, 0.25) is 0 Å². The molecule has 0 amide bonds. The van der Waals surface area contributed by atoms with Gasteiger partial charge in [0.05, 0.1) is 0 Å². The second kappa shape index (κ2) is 8.96. The summed E-state index contributed by atoms with van der Waals surface area (Å²) in [5.41, 5.74) is 0. The normalized spacial score (nSPS) is 10.2. The summed E-state index contributed by atoms with van der Waals surface area (Å²) in [5.74, 6) is 0. The molecule has 0 unspecified atom stereocenters. The fraction of sp³-hybridized carbons (Fsp3) is 1.00. The summed E-state index contributed by atoms with van der Waals surface area (Å²) in [6, 6.07) is 0. The van der Waals surface area contributed by atoms with Crippen LogP contribution in [0.2, 0.25) is 0 Å². The van der Waals surface area contributed by atoms with E-state index in [2.05, 4.69) is 6.92 Å². The van der Waals surface area contributed by atoms with E-state index in [1.807, 2.05) is 0 Å². The van der Waals surface area contributed by atoms with E-state index in [1.54, 1.807) is 0 Å². The summed E-state index contributed by atoms with van der Waals surface area (Å²) in [6.45, 7) is 2.60. The van der Waals surface area contributed by atoms with Gasteiger partial charge >= 0.3 is 0 Å². The van der Waals surface area contributed by atoms with Gasteiger partial charge in [-0.3, -0.25) is 0 Å². The van der Waals surface area contributed by atoms with Crippen molar-refractivity contribution in [3.05, 3.63) is 0 Å². The van der Waals surface area contributed by atoms with Crippen LogP contribution in [-0.4, -0.2) is 11.7 Å². The molecule has 0 heterocycles. The standard InChI is InChI=1S/C9H20O.H/c1-2-3-4-5-6-7-8-9-10;/h10H,2-9H2,1H3;/i;1+1. The van der Waals surface area contributed by atoms with Crippen LogP contribution in [0.3, 0.4) is 0 Å². The van der Waals surface area contributed by atoms with Crippen LogP contribution in [0.1, 0.15) is 53.3 Å². The summed E-state index contributed by atoms with van der Waals surface area (Å²) < 4.78 is 0. The number of hydrogen-bond donors (Lipinski definition) is 1. The van der Waals surface area contributed by atoms with Gasteiger partial charge in [0, 0.05) is 8.03 Å². The van der Waals surface area contributed by atoms with E-state index in [9.17, 15) is 0 Å². The minimum Gasteiger partial charge on any atom is -0.396 e. The Labute approximate surface area is 65.9 Å². The molecule has 0 atom stereocenters. The van der Waals surface area contributed by atoms with Crippen molar-refractivity contribution >= 4 is 0 Å². The van der Waals surface area contributed by atoms with Crippen molar-refractivity contribution in [1.29, 1.82) is 0 Å². The highest BCUT2D eigenvalue weighted by molar-refractivity contribution is 4.43. The van der Waals surface area contributed by atoms with E-state index in [-0.39, 0.29) is 1.43 Å². The lowest BCUT2D eigenvalue weighted by Gasteiger charge is -1.97. The van der Waals surface area contributed by atoms with Crippen LogP contribution in [0.25, 0.3) is 0 Å². The second-order valence-electron chi connectivity index (χ2n) is 2.84. The van der Waals surface area contributed by atoms with Gasteiger partial charge in [0.25, 0.3) is 0 Å². The van der Waals surface area contributed by atoms with E-state index in [0.717, 1.165) is 6.42 Å². The Balaban J connectivity index is 0. The highest BCUT2D eigenvalue weighted by Gasteiger charge is 1.88. The molecule has 0 aromatic rings. The van der Waals surface area contributed by atoms with Gasteiger partial charge < -0.3 is 5.11 Å². The Hall–Kier alpha value is -0.0400. The first kappa shape index (κ1) is 9.96. The molecule has 1 radical (unpaired) electrons. The Morgan fingerprint density at radius 3 is 1.90 bits per heavy atom. The molecule has 63 valence electrons. The molecular weight excluding hydrogens is 124 g/mol. The SMILES string of the molecule is CCCCCCCCCO.[2H]. The van der Waals surface area contributed by atoms with Crippen LogP contribution in [0, 0.1) is 0 Å². The molecule has 0 aromatic heterocycles. The molecule has 0 aliphatic rings. The third kappa shape index (κ3) is 7.96. The molecule has 0 spiro atoms. The molecule has 10 heavy (non-hydrogen) atoms. The minimum atomic E-state index is 0. The van der Waals surface area contributed by atoms with E-state index >= 15 is 0 Å². The maximum Gasteiger partial charge on any atom is 0.0431 e. The second-order valence-corrected chi connectivity index (χ2v) is 2.84. The van der Waals surface area contributed by atoms with Crippen LogP contribution in [0.5, 0.6) is 0 Å². The molecule has 0 bridgehead atoms. The maximum atomic E-state index is 8.47. The zero-order valence-electron chi connectivity index (χ0n) is 8.10. The summed E-state index contributed by atoms with van der Waals surface area (Å²) in [4.78, 5) is 0. The van der Waals surface area contributed by atoms with Crippen molar-refractivity contribution in [2.24, 2.45) is 0 Å². The van der Waals surface area contributed by atoms with Gasteiger partial charge in [-0.1, -0.05) is 45.4 Å². The third-order valence-corrected chi connectivity index (χ3v) is 1.76. The molecule has 0 rings (SSSR count). The van der Waals surface area contributed by atoms with Crippen molar-refractivity contribution in [3.8, 4) is 0 Å². The summed E-state index contributed by atoms with van der Waals surface area (Å²) in [5, 5.41) is 8.47. The smallest absolute Gasteiger partial charge is 0.0431 e. The molecule has 1 heteroatoms. The first-order valence-electron chi connectivity index (χ1n) is 4.52. The summed E-state index contributed by atoms with van der Waals surface area (Å²) >= 11 is 0. The van der Waals surface area contributed by atoms with Gasteiger partial charge in [-0.2, -0.15) is 0 Å². The monoisotopic (exact) mass is 146 g/mol. The van der Waals surface area contributed by atoms with E-state index in [0.29, 0.717) is 6.61 Å². The third-order valence-electron chi connectivity index (χ3n) is 1.76. The fourth-order valence-electron chi connectivity index (χ4n) is 1.07.